The minimum Gasteiger partial charge on any atom is -0.465 e. The zero-order valence-corrected chi connectivity index (χ0v) is 18.7. The molecule has 1 atom stereocenters. The van der Waals surface area contributed by atoms with Crippen LogP contribution in [-0.4, -0.2) is 55.3 Å². The number of amides is 2. The van der Waals surface area contributed by atoms with Gasteiger partial charge in [0.25, 0.3) is 5.91 Å². The Balaban J connectivity index is 1.50. The fraction of sp³-hybridized carbons (Fsp3) is 0.280. The number of benzene rings is 2. The maximum atomic E-state index is 13.2. The van der Waals surface area contributed by atoms with E-state index in [-0.39, 0.29) is 18.5 Å². The highest BCUT2D eigenvalue weighted by atomic mass is 16.4. The van der Waals surface area contributed by atoms with Crippen molar-refractivity contribution in [2.24, 2.45) is 7.05 Å². The van der Waals surface area contributed by atoms with Gasteiger partial charge in [-0.25, -0.2) is 9.78 Å². The van der Waals surface area contributed by atoms with Gasteiger partial charge in [0.15, 0.2) is 5.82 Å². The average Bonchev–Trinajstić information content (AvgIpc) is 3.36. The number of carbonyl (C=O) groups is 2. The number of imidazole rings is 1. The summed E-state index contributed by atoms with van der Waals surface area (Å²) in [6.45, 7) is 1.15. The number of para-hydroxylation sites is 1. The summed E-state index contributed by atoms with van der Waals surface area (Å²) in [7, 11) is 1.92. The molecular weight excluding hydrogens is 432 g/mol. The van der Waals surface area contributed by atoms with Gasteiger partial charge in [-0.15, -0.1) is 0 Å². The van der Waals surface area contributed by atoms with Crippen molar-refractivity contribution < 1.29 is 14.7 Å². The molecule has 1 aliphatic heterocycles. The minimum absolute atomic E-state index is 0.135. The van der Waals surface area contributed by atoms with E-state index >= 15 is 0 Å². The first-order valence-corrected chi connectivity index (χ1v) is 11.2. The van der Waals surface area contributed by atoms with E-state index in [4.69, 9.17) is 10.1 Å². The Morgan fingerprint density at radius 3 is 2.82 bits per heavy atom. The molecule has 0 radical (unpaired) electrons. The van der Waals surface area contributed by atoms with Crippen molar-refractivity contribution in [2.75, 3.05) is 13.1 Å². The highest BCUT2D eigenvalue weighted by Crippen LogP contribution is 2.30. The van der Waals surface area contributed by atoms with Crippen LogP contribution >= 0.6 is 0 Å². The molecule has 1 saturated heterocycles. The van der Waals surface area contributed by atoms with Crippen LogP contribution in [0.2, 0.25) is 0 Å². The number of aromatic nitrogens is 3. The summed E-state index contributed by atoms with van der Waals surface area (Å²) in [5, 5.41) is 21.9. The molecule has 2 aromatic carbocycles. The van der Waals surface area contributed by atoms with Crippen LogP contribution in [0.4, 0.5) is 4.79 Å². The standard InChI is InChI=1S/C25H24N6O3/c1-29-21-9-8-17(24(32)30-11-4-6-18(15-30)27-25(33)34)13-19(21)28-23(29)22-14-16-5-2-3-7-20(16)31(22)12-10-26/h2-3,5,7-9,13-14,18,27H,4,6,11-12,15H2,1H3,(H,33,34). The van der Waals surface area contributed by atoms with Crippen LogP contribution in [0.25, 0.3) is 33.5 Å². The van der Waals surface area contributed by atoms with E-state index in [2.05, 4.69) is 11.4 Å². The summed E-state index contributed by atoms with van der Waals surface area (Å²) in [4.78, 5) is 30.7. The van der Waals surface area contributed by atoms with Crippen molar-refractivity contribution in [3.05, 3.63) is 54.1 Å². The number of likely N-dealkylation sites (tertiary alicyclic amines) is 1. The molecule has 0 bridgehead atoms. The number of hydrogen-bond donors (Lipinski definition) is 2. The molecule has 9 nitrogen and oxygen atoms in total. The first-order chi connectivity index (χ1) is 16.5. The maximum absolute atomic E-state index is 13.2. The Bertz CT molecular complexity index is 1460. The average molecular weight is 457 g/mol. The van der Waals surface area contributed by atoms with E-state index in [9.17, 15) is 14.9 Å². The van der Waals surface area contributed by atoms with Crippen molar-refractivity contribution in [3.8, 4) is 17.6 Å². The Morgan fingerprint density at radius 1 is 1.21 bits per heavy atom. The molecule has 0 spiro atoms. The second kappa shape index (κ2) is 8.56. The van der Waals surface area contributed by atoms with Crippen LogP contribution in [0.15, 0.2) is 48.5 Å². The summed E-state index contributed by atoms with van der Waals surface area (Å²) < 4.78 is 3.92. The van der Waals surface area contributed by atoms with Crippen molar-refractivity contribution in [1.29, 1.82) is 5.26 Å². The Kier molecular flexibility index (Phi) is 5.42. The van der Waals surface area contributed by atoms with Gasteiger partial charge in [-0.05, 0) is 43.2 Å². The van der Waals surface area contributed by atoms with Crippen molar-refractivity contribution in [3.63, 3.8) is 0 Å². The van der Waals surface area contributed by atoms with Crippen LogP contribution < -0.4 is 5.32 Å². The number of hydrogen-bond acceptors (Lipinski definition) is 4. The van der Waals surface area contributed by atoms with Gasteiger partial charge in [-0.2, -0.15) is 5.26 Å². The predicted molar refractivity (Wildman–Crippen MR) is 127 cm³/mol. The smallest absolute Gasteiger partial charge is 0.404 e. The monoisotopic (exact) mass is 456 g/mol. The number of carboxylic acid groups (broad SMARTS) is 1. The Morgan fingerprint density at radius 2 is 2.03 bits per heavy atom. The van der Waals surface area contributed by atoms with E-state index < -0.39 is 6.09 Å². The third-order valence-electron chi connectivity index (χ3n) is 6.43. The number of rotatable bonds is 4. The predicted octanol–water partition coefficient (Wildman–Crippen LogP) is 3.59. The summed E-state index contributed by atoms with van der Waals surface area (Å²) in [6.07, 6.45) is 0.390. The van der Waals surface area contributed by atoms with E-state index in [1.54, 1.807) is 17.0 Å². The second-order valence-electron chi connectivity index (χ2n) is 8.57. The maximum Gasteiger partial charge on any atom is 0.404 e. The van der Waals surface area contributed by atoms with Gasteiger partial charge in [0.05, 0.1) is 22.8 Å². The highest BCUT2D eigenvalue weighted by molar-refractivity contribution is 5.98. The van der Waals surface area contributed by atoms with Gasteiger partial charge in [0, 0.05) is 42.6 Å². The van der Waals surface area contributed by atoms with Gasteiger partial charge in [0.1, 0.15) is 6.54 Å². The minimum atomic E-state index is -1.07. The zero-order chi connectivity index (χ0) is 23.8. The molecule has 3 heterocycles. The number of aryl methyl sites for hydroxylation is 1. The molecule has 0 saturated carbocycles. The van der Waals surface area contributed by atoms with Gasteiger partial charge in [-0.1, -0.05) is 18.2 Å². The lowest BCUT2D eigenvalue weighted by Crippen LogP contribution is -2.49. The number of piperidine rings is 1. The first kappa shape index (κ1) is 21.5. The SMILES string of the molecule is Cn1c(-c2cc3ccccc3n2CC#N)nc2cc(C(=O)N3CCCC(NC(=O)O)C3)ccc21. The lowest BCUT2D eigenvalue weighted by atomic mass is 10.0. The number of nitrogens with zero attached hydrogens (tertiary/aromatic N) is 5. The number of fused-ring (bicyclic) bond motifs is 2. The van der Waals surface area contributed by atoms with Crippen molar-refractivity contribution >= 4 is 33.9 Å². The van der Waals surface area contributed by atoms with Crippen LogP contribution in [0, 0.1) is 11.3 Å². The largest absolute Gasteiger partial charge is 0.465 e. The van der Waals surface area contributed by atoms with E-state index in [0.717, 1.165) is 40.8 Å². The Labute approximate surface area is 195 Å². The molecule has 4 aromatic rings. The van der Waals surface area contributed by atoms with E-state index in [0.29, 0.717) is 24.2 Å². The van der Waals surface area contributed by atoms with Gasteiger partial charge < -0.3 is 24.5 Å². The summed E-state index contributed by atoms with van der Waals surface area (Å²) in [5.41, 5.74) is 3.90. The van der Waals surface area contributed by atoms with Crippen LogP contribution in [0.3, 0.4) is 0 Å². The number of carbonyl (C=O) groups excluding carboxylic acids is 1. The van der Waals surface area contributed by atoms with Gasteiger partial charge in [-0.3, -0.25) is 4.79 Å². The third kappa shape index (κ3) is 3.73. The molecule has 5 rings (SSSR count). The Hall–Kier alpha value is -4.32. The molecule has 1 fully saturated rings. The van der Waals surface area contributed by atoms with E-state index in [1.807, 2.05) is 52.6 Å². The summed E-state index contributed by atoms with van der Waals surface area (Å²) in [5.74, 6) is 0.583. The third-order valence-corrected chi connectivity index (χ3v) is 6.43. The molecule has 2 amide bonds. The van der Waals surface area contributed by atoms with Gasteiger partial charge >= 0.3 is 6.09 Å². The van der Waals surface area contributed by atoms with Crippen LogP contribution in [0.5, 0.6) is 0 Å². The molecule has 34 heavy (non-hydrogen) atoms. The first-order valence-electron chi connectivity index (χ1n) is 11.2. The highest BCUT2D eigenvalue weighted by Gasteiger charge is 2.26. The normalized spacial score (nSPS) is 16.0. The van der Waals surface area contributed by atoms with Crippen LogP contribution in [-0.2, 0) is 13.6 Å². The lowest BCUT2D eigenvalue weighted by Gasteiger charge is -2.32. The molecule has 1 unspecified atom stereocenters. The number of nitrogens with one attached hydrogen (secondary N) is 1. The van der Waals surface area contributed by atoms with Crippen molar-refractivity contribution in [2.45, 2.75) is 25.4 Å². The summed E-state index contributed by atoms with van der Waals surface area (Å²) in [6, 6.07) is 17.4. The second-order valence-corrected chi connectivity index (χ2v) is 8.57. The zero-order valence-electron chi connectivity index (χ0n) is 18.7. The fourth-order valence-electron chi connectivity index (χ4n) is 4.84. The quantitative estimate of drug-likeness (QED) is 0.487. The van der Waals surface area contributed by atoms with E-state index in [1.165, 1.54) is 0 Å². The lowest BCUT2D eigenvalue weighted by molar-refractivity contribution is 0.0692. The molecule has 2 N–H and O–H groups in total. The fourth-order valence-corrected chi connectivity index (χ4v) is 4.84. The molecule has 172 valence electrons. The molecule has 9 heteroatoms. The molecular formula is C25H24N6O3. The van der Waals surface area contributed by atoms with Crippen molar-refractivity contribution in [1.82, 2.24) is 24.3 Å². The molecule has 0 aliphatic carbocycles. The topological polar surface area (TPSA) is 116 Å². The summed E-state index contributed by atoms with van der Waals surface area (Å²) >= 11 is 0. The number of nitriles is 1. The molecule has 1 aliphatic rings. The molecule has 2 aromatic heterocycles. The van der Waals surface area contributed by atoms with Crippen LogP contribution in [0.1, 0.15) is 23.2 Å². The van der Waals surface area contributed by atoms with Gasteiger partial charge in [0.2, 0.25) is 0 Å².